The van der Waals surface area contributed by atoms with Gasteiger partial charge >= 0.3 is 5.97 Å². The van der Waals surface area contributed by atoms with Crippen molar-refractivity contribution in [2.24, 2.45) is 0 Å². The van der Waals surface area contributed by atoms with E-state index in [4.69, 9.17) is 4.74 Å². The van der Waals surface area contributed by atoms with Crippen LogP contribution in [0.4, 0.5) is 4.39 Å². The number of esters is 1. The SMILES string of the molecule is CC=CCOC(=O)c1ccc(F)cc1. The molecular formula is C11H11FO2. The highest BCUT2D eigenvalue weighted by atomic mass is 19.1. The van der Waals surface area contributed by atoms with Crippen LogP contribution < -0.4 is 0 Å². The van der Waals surface area contributed by atoms with Crippen molar-refractivity contribution in [3.8, 4) is 0 Å². The maximum Gasteiger partial charge on any atom is 0.338 e. The van der Waals surface area contributed by atoms with E-state index in [1.807, 2.05) is 6.92 Å². The fourth-order valence-electron chi connectivity index (χ4n) is 0.889. The van der Waals surface area contributed by atoms with Gasteiger partial charge < -0.3 is 4.74 Å². The van der Waals surface area contributed by atoms with Gasteiger partial charge in [-0.05, 0) is 31.2 Å². The first-order chi connectivity index (χ1) is 6.74. The molecule has 0 saturated carbocycles. The minimum Gasteiger partial charge on any atom is -0.458 e. The molecule has 0 amide bonds. The zero-order valence-electron chi connectivity index (χ0n) is 7.87. The lowest BCUT2D eigenvalue weighted by molar-refractivity contribution is 0.0549. The lowest BCUT2D eigenvalue weighted by atomic mass is 10.2. The van der Waals surface area contributed by atoms with Gasteiger partial charge in [-0.15, -0.1) is 0 Å². The zero-order chi connectivity index (χ0) is 10.4. The number of rotatable bonds is 3. The second-order valence-corrected chi connectivity index (χ2v) is 2.67. The van der Waals surface area contributed by atoms with Crippen molar-refractivity contribution in [3.05, 3.63) is 47.8 Å². The molecule has 0 heterocycles. The number of benzene rings is 1. The molecular weight excluding hydrogens is 183 g/mol. The van der Waals surface area contributed by atoms with Crippen LogP contribution in [0.25, 0.3) is 0 Å². The number of carbonyl (C=O) groups is 1. The molecule has 0 unspecified atom stereocenters. The predicted octanol–water partition coefficient (Wildman–Crippen LogP) is 2.56. The van der Waals surface area contributed by atoms with Crippen molar-refractivity contribution in [2.75, 3.05) is 6.61 Å². The smallest absolute Gasteiger partial charge is 0.338 e. The van der Waals surface area contributed by atoms with E-state index in [1.165, 1.54) is 24.3 Å². The van der Waals surface area contributed by atoms with E-state index in [0.717, 1.165) is 0 Å². The first kappa shape index (κ1) is 10.4. The predicted molar refractivity (Wildman–Crippen MR) is 51.5 cm³/mol. The Morgan fingerprint density at radius 3 is 2.64 bits per heavy atom. The fourth-order valence-corrected chi connectivity index (χ4v) is 0.889. The molecule has 1 aromatic carbocycles. The third-order valence-corrected chi connectivity index (χ3v) is 1.63. The van der Waals surface area contributed by atoms with E-state index < -0.39 is 5.97 Å². The van der Waals surface area contributed by atoms with Gasteiger partial charge in [0.15, 0.2) is 0 Å². The number of hydrogen-bond donors (Lipinski definition) is 0. The third-order valence-electron chi connectivity index (χ3n) is 1.63. The van der Waals surface area contributed by atoms with Crippen LogP contribution in [0.1, 0.15) is 17.3 Å². The Morgan fingerprint density at radius 2 is 2.07 bits per heavy atom. The first-order valence-electron chi connectivity index (χ1n) is 4.28. The second-order valence-electron chi connectivity index (χ2n) is 2.67. The average molecular weight is 194 g/mol. The molecule has 0 saturated heterocycles. The molecule has 0 spiro atoms. The van der Waals surface area contributed by atoms with Gasteiger partial charge in [-0.25, -0.2) is 9.18 Å². The Balaban J connectivity index is 2.56. The van der Waals surface area contributed by atoms with Crippen LogP contribution in [0.2, 0.25) is 0 Å². The van der Waals surface area contributed by atoms with Gasteiger partial charge in [0.25, 0.3) is 0 Å². The Morgan fingerprint density at radius 1 is 1.43 bits per heavy atom. The fraction of sp³-hybridized carbons (Fsp3) is 0.182. The van der Waals surface area contributed by atoms with Gasteiger partial charge in [-0.1, -0.05) is 12.2 Å². The largest absolute Gasteiger partial charge is 0.458 e. The normalized spacial score (nSPS) is 10.4. The van der Waals surface area contributed by atoms with Crippen LogP contribution in [0.15, 0.2) is 36.4 Å². The highest BCUT2D eigenvalue weighted by Gasteiger charge is 2.04. The molecule has 1 aromatic rings. The molecule has 0 atom stereocenters. The molecule has 0 aliphatic heterocycles. The summed E-state index contributed by atoms with van der Waals surface area (Å²) in [6.07, 6.45) is 3.51. The Bertz CT molecular complexity index is 328. The van der Waals surface area contributed by atoms with E-state index in [2.05, 4.69) is 0 Å². The van der Waals surface area contributed by atoms with Crippen LogP contribution in [0.3, 0.4) is 0 Å². The summed E-state index contributed by atoms with van der Waals surface area (Å²) in [4.78, 5) is 11.3. The summed E-state index contributed by atoms with van der Waals surface area (Å²) in [6.45, 7) is 2.08. The lowest BCUT2D eigenvalue weighted by Gasteiger charge is -2.00. The summed E-state index contributed by atoms with van der Waals surface area (Å²) in [5, 5.41) is 0. The van der Waals surface area contributed by atoms with E-state index >= 15 is 0 Å². The van der Waals surface area contributed by atoms with Crippen LogP contribution >= 0.6 is 0 Å². The monoisotopic (exact) mass is 194 g/mol. The molecule has 2 nitrogen and oxygen atoms in total. The van der Waals surface area contributed by atoms with Gasteiger partial charge in [0.05, 0.1) is 5.56 Å². The molecule has 74 valence electrons. The van der Waals surface area contributed by atoms with Crippen molar-refractivity contribution >= 4 is 5.97 Å². The molecule has 0 radical (unpaired) electrons. The van der Waals surface area contributed by atoms with Crippen molar-refractivity contribution in [2.45, 2.75) is 6.92 Å². The highest BCUT2D eigenvalue weighted by molar-refractivity contribution is 5.89. The molecule has 0 aliphatic carbocycles. The minimum absolute atomic E-state index is 0.243. The van der Waals surface area contributed by atoms with Gasteiger partial charge in [-0.2, -0.15) is 0 Å². The lowest BCUT2D eigenvalue weighted by Crippen LogP contribution is -2.04. The van der Waals surface area contributed by atoms with E-state index in [1.54, 1.807) is 12.2 Å². The number of allylic oxidation sites excluding steroid dienone is 1. The molecule has 0 aromatic heterocycles. The summed E-state index contributed by atoms with van der Waals surface area (Å²) < 4.78 is 17.4. The van der Waals surface area contributed by atoms with Crippen molar-refractivity contribution in [3.63, 3.8) is 0 Å². The number of ether oxygens (including phenoxy) is 1. The minimum atomic E-state index is -0.442. The molecule has 0 fully saturated rings. The number of halogens is 1. The summed E-state index contributed by atoms with van der Waals surface area (Å²) in [5.74, 6) is -0.807. The highest BCUT2D eigenvalue weighted by Crippen LogP contribution is 2.04. The summed E-state index contributed by atoms with van der Waals surface area (Å²) >= 11 is 0. The Labute approximate surface area is 82.0 Å². The third kappa shape index (κ3) is 3.01. The maximum atomic E-state index is 12.5. The number of hydrogen-bond acceptors (Lipinski definition) is 2. The van der Waals surface area contributed by atoms with Crippen LogP contribution in [-0.4, -0.2) is 12.6 Å². The quantitative estimate of drug-likeness (QED) is 0.546. The van der Waals surface area contributed by atoms with Gasteiger partial charge in [0.1, 0.15) is 12.4 Å². The number of carbonyl (C=O) groups excluding carboxylic acids is 1. The standard InChI is InChI=1S/C11H11FO2/c1-2-3-8-14-11(13)9-4-6-10(12)7-5-9/h2-7H,8H2,1H3. The van der Waals surface area contributed by atoms with Crippen LogP contribution in [-0.2, 0) is 4.74 Å². The molecule has 0 aliphatic rings. The molecule has 1 rings (SSSR count). The van der Waals surface area contributed by atoms with Gasteiger partial charge in [0.2, 0.25) is 0 Å². The van der Waals surface area contributed by atoms with E-state index in [0.29, 0.717) is 5.56 Å². The molecule has 0 bridgehead atoms. The summed E-state index contributed by atoms with van der Waals surface area (Å²) in [6, 6.07) is 5.25. The van der Waals surface area contributed by atoms with Gasteiger partial charge in [-0.3, -0.25) is 0 Å². The maximum absolute atomic E-state index is 12.5. The first-order valence-corrected chi connectivity index (χ1v) is 4.28. The van der Waals surface area contributed by atoms with Crippen molar-refractivity contribution < 1.29 is 13.9 Å². The average Bonchev–Trinajstić information content (AvgIpc) is 2.19. The van der Waals surface area contributed by atoms with Crippen molar-refractivity contribution in [1.29, 1.82) is 0 Å². The Hall–Kier alpha value is -1.64. The van der Waals surface area contributed by atoms with E-state index in [-0.39, 0.29) is 12.4 Å². The van der Waals surface area contributed by atoms with Crippen molar-refractivity contribution in [1.82, 2.24) is 0 Å². The second kappa shape index (κ2) is 5.17. The molecule has 0 N–H and O–H groups in total. The topological polar surface area (TPSA) is 26.3 Å². The summed E-state index contributed by atoms with van der Waals surface area (Å²) in [7, 11) is 0. The summed E-state index contributed by atoms with van der Waals surface area (Å²) in [5.41, 5.74) is 0.357. The van der Waals surface area contributed by atoms with Gasteiger partial charge in [0, 0.05) is 0 Å². The zero-order valence-corrected chi connectivity index (χ0v) is 7.87. The molecule has 3 heteroatoms. The van der Waals surface area contributed by atoms with E-state index in [9.17, 15) is 9.18 Å². The molecule has 14 heavy (non-hydrogen) atoms. The van der Waals surface area contributed by atoms with Crippen LogP contribution in [0, 0.1) is 5.82 Å². The van der Waals surface area contributed by atoms with Crippen LogP contribution in [0.5, 0.6) is 0 Å². The Kier molecular flexibility index (Phi) is 3.85.